The van der Waals surface area contributed by atoms with Crippen LogP contribution in [-0.2, 0) is 0 Å². The van der Waals surface area contributed by atoms with Crippen molar-refractivity contribution in [3.63, 3.8) is 0 Å². The highest BCUT2D eigenvalue weighted by Crippen LogP contribution is 2.49. The zero-order valence-corrected chi connectivity index (χ0v) is 42.8. The molecule has 14 rings (SSSR count). The standard InChI is InChI=1S/C68H52N6/c1-38-12-20-56-48(28-38)49-29-39(2)13-21-57(49)71(56)65-64(47-11-9-10-46(36-47)37-69)66(72-58-22-14-40(3)30-50(58)51-31-41(4)15-23-59(51)72)68(74-62-26-18-44(7)34-54(62)55-35-45(8)19-27-63(55)74)70-67(65)73-60-24-16-42(5)32-52(60)53-33-43(6)17-25-61(53)73/h9-36H,1-8H3. The second kappa shape index (κ2) is 15.9. The van der Waals surface area contributed by atoms with Crippen LogP contribution >= 0.6 is 0 Å². The molecule has 0 aliphatic carbocycles. The van der Waals surface area contributed by atoms with Crippen LogP contribution in [0, 0.1) is 66.7 Å². The highest BCUT2D eigenvalue weighted by atomic mass is 15.2. The maximum Gasteiger partial charge on any atom is 0.165 e. The fraction of sp³-hybridized carbons (Fsp3) is 0.118. The number of benzene rings is 9. The molecule has 0 amide bonds. The molecule has 0 aliphatic heterocycles. The molecule has 0 saturated heterocycles. The SMILES string of the molecule is Cc1ccc2c(c1)c1cc(C)ccc1n2-c1nc(-n2c3ccc(C)cc3c3cc(C)ccc32)c(-n2c3ccc(C)cc3c3cc(C)ccc32)c(-c2cccc(C#N)c2)c1-n1c2ccc(C)cc2c2cc(C)ccc21. The van der Waals surface area contributed by atoms with Gasteiger partial charge < -0.3 is 9.13 Å². The van der Waals surface area contributed by atoms with Crippen LogP contribution in [0.1, 0.15) is 50.1 Å². The maximum absolute atomic E-state index is 10.9. The van der Waals surface area contributed by atoms with Crippen molar-refractivity contribution in [2.75, 3.05) is 0 Å². The van der Waals surface area contributed by atoms with Gasteiger partial charge in [0.2, 0.25) is 0 Å². The summed E-state index contributed by atoms with van der Waals surface area (Å²) >= 11 is 0. The molecule has 5 aromatic heterocycles. The number of aryl methyl sites for hydroxylation is 8. The van der Waals surface area contributed by atoms with Crippen LogP contribution in [0.25, 0.3) is 121 Å². The Balaban J connectivity index is 1.34. The van der Waals surface area contributed by atoms with Crippen molar-refractivity contribution >= 4 is 87.2 Å². The van der Waals surface area contributed by atoms with Crippen molar-refractivity contribution in [3.8, 4) is 40.2 Å². The largest absolute Gasteiger partial charge is 0.305 e. The molecule has 0 unspecified atom stereocenters. The van der Waals surface area contributed by atoms with E-state index in [1.54, 1.807) is 0 Å². The van der Waals surface area contributed by atoms with E-state index < -0.39 is 0 Å². The van der Waals surface area contributed by atoms with Gasteiger partial charge >= 0.3 is 0 Å². The summed E-state index contributed by atoms with van der Waals surface area (Å²) in [6.45, 7) is 17.4. The van der Waals surface area contributed by atoms with E-state index in [1.807, 2.05) is 12.1 Å². The first-order valence-corrected chi connectivity index (χ1v) is 25.6. The highest BCUT2D eigenvalue weighted by Gasteiger charge is 2.33. The molecular formula is C68H52N6. The number of nitrogens with zero attached hydrogens (tertiary/aromatic N) is 6. The molecule has 6 heteroatoms. The minimum absolute atomic E-state index is 0.576. The summed E-state index contributed by atoms with van der Waals surface area (Å²) in [5, 5.41) is 20.2. The lowest BCUT2D eigenvalue weighted by Crippen LogP contribution is -2.16. The number of hydrogen-bond acceptors (Lipinski definition) is 2. The monoisotopic (exact) mass is 952 g/mol. The Morgan fingerprint density at radius 3 is 0.824 bits per heavy atom. The quantitative estimate of drug-likeness (QED) is 0.173. The summed E-state index contributed by atoms with van der Waals surface area (Å²) in [6, 6.07) is 65.5. The lowest BCUT2D eigenvalue weighted by atomic mass is 9.98. The molecule has 74 heavy (non-hydrogen) atoms. The predicted octanol–water partition coefficient (Wildman–Crippen LogP) is 17.5. The predicted molar refractivity (Wildman–Crippen MR) is 310 cm³/mol. The molecule has 6 nitrogen and oxygen atoms in total. The Labute approximate surface area is 429 Å². The number of pyridine rings is 1. The number of hydrogen-bond donors (Lipinski definition) is 0. The maximum atomic E-state index is 10.9. The molecule has 0 atom stereocenters. The Kier molecular flexibility index (Phi) is 9.37. The normalized spacial score (nSPS) is 12.0. The Morgan fingerprint density at radius 1 is 0.311 bits per heavy atom. The average molecular weight is 953 g/mol. The first kappa shape index (κ1) is 43.6. The molecule has 14 aromatic rings. The Morgan fingerprint density at radius 2 is 0.568 bits per heavy atom. The summed E-state index contributed by atoms with van der Waals surface area (Å²) in [5.41, 5.74) is 22.3. The smallest absolute Gasteiger partial charge is 0.165 e. The lowest BCUT2D eigenvalue weighted by molar-refractivity contribution is 0.960. The van der Waals surface area contributed by atoms with Gasteiger partial charge in [-0.3, -0.25) is 9.13 Å². The van der Waals surface area contributed by atoms with Gasteiger partial charge in [-0.15, -0.1) is 0 Å². The van der Waals surface area contributed by atoms with Gasteiger partial charge in [-0.05, 0) is 170 Å². The summed E-state index contributed by atoms with van der Waals surface area (Å²) in [6.07, 6.45) is 0. The second-order valence-corrected chi connectivity index (χ2v) is 21.0. The van der Waals surface area contributed by atoms with Crippen LogP contribution in [0.2, 0.25) is 0 Å². The van der Waals surface area contributed by atoms with E-state index in [4.69, 9.17) is 4.98 Å². The topological polar surface area (TPSA) is 56.4 Å². The van der Waals surface area contributed by atoms with Gasteiger partial charge in [0.1, 0.15) is 11.4 Å². The van der Waals surface area contributed by atoms with Crippen molar-refractivity contribution in [2.45, 2.75) is 55.4 Å². The van der Waals surface area contributed by atoms with E-state index in [1.165, 1.54) is 87.6 Å². The third kappa shape index (κ3) is 6.33. The van der Waals surface area contributed by atoms with Gasteiger partial charge in [-0.25, -0.2) is 4.98 Å². The molecule has 9 aromatic carbocycles. The van der Waals surface area contributed by atoms with Gasteiger partial charge in [0.15, 0.2) is 11.6 Å². The molecule has 0 saturated carbocycles. The van der Waals surface area contributed by atoms with Crippen molar-refractivity contribution < 1.29 is 0 Å². The summed E-state index contributed by atoms with van der Waals surface area (Å²) in [7, 11) is 0. The number of fused-ring (bicyclic) bond motifs is 12. The van der Waals surface area contributed by atoms with Gasteiger partial charge in [-0.1, -0.05) is 105 Å². The van der Waals surface area contributed by atoms with Crippen molar-refractivity contribution in [1.82, 2.24) is 23.3 Å². The van der Waals surface area contributed by atoms with Crippen molar-refractivity contribution in [3.05, 3.63) is 220 Å². The van der Waals surface area contributed by atoms with Crippen molar-refractivity contribution in [1.29, 1.82) is 5.26 Å². The molecular weight excluding hydrogens is 901 g/mol. The number of nitriles is 1. The van der Waals surface area contributed by atoms with Gasteiger partial charge in [0.25, 0.3) is 0 Å². The van der Waals surface area contributed by atoms with Crippen LogP contribution < -0.4 is 0 Å². The van der Waals surface area contributed by atoms with Gasteiger partial charge in [-0.2, -0.15) is 5.26 Å². The zero-order valence-electron chi connectivity index (χ0n) is 42.8. The number of aromatic nitrogens is 5. The number of rotatable bonds is 5. The summed E-state index contributed by atoms with van der Waals surface area (Å²) < 4.78 is 9.80. The van der Waals surface area contributed by atoms with Crippen LogP contribution in [0.5, 0.6) is 0 Å². The molecule has 0 spiro atoms. The van der Waals surface area contributed by atoms with Crippen LogP contribution in [0.15, 0.2) is 170 Å². The Bertz CT molecular complexity index is 4320. The molecule has 0 N–H and O–H groups in total. The fourth-order valence-electron chi connectivity index (χ4n) is 12.2. The molecule has 354 valence electrons. The zero-order chi connectivity index (χ0) is 50.4. The molecule has 5 heterocycles. The van der Waals surface area contributed by atoms with E-state index in [9.17, 15) is 5.26 Å². The van der Waals surface area contributed by atoms with E-state index >= 15 is 0 Å². The second-order valence-electron chi connectivity index (χ2n) is 21.0. The fourth-order valence-corrected chi connectivity index (χ4v) is 12.2. The van der Waals surface area contributed by atoms with Crippen LogP contribution in [0.3, 0.4) is 0 Å². The van der Waals surface area contributed by atoms with Crippen molar-refractivity contribution in [2.24, 2.45) is 0 Å². The van der Waals surface area contributed by atoms with Crippen LogP contribution in [0.4, 0.5) is 0 Å². The van der Waals surface area contributed by atoms with Crippen LogP contribution in [-0.4, -0.2) is 23.3 Å². The summed E-state index contributed by atoms with van der Waals surface area (Å²) in [4.78, 5) is 6.41. The lowest BCUT2D eigenvalue weighted by Gasteiger charge is -2.27. The van der Waals surface area contributed by atoms with Gasteiger partial charge in [0, 0.05) is 48.7 Å². The third-order valence-corrected chi connectivity index (χ3v) is 15.6. The van der Waals surface area contributed by atoms with E-state index in [0.717, 1.165) is 78.3 Å². The molecule has 0 aliphatic rings. The summed E-state index contributed by atoms with van der Waals surface area (Å²) in [5.74, 6) is 1.55. The minimum Gasteiger partial charge on any atom is -0.305 e. The highest BCUT2D eigenvalue weighted by molar-refractivity contribution is 6.16. The average Bonchev–Trinajstić information content (AvgIpc) is 4.15. The Hall–Kier alpha value is -9.18. The molecule has 0 bridgehead atoms. The third-order valence-electron chi connectivity index (χ3n) is 15.6. The molecule has 0 radical (unpaired) electrons. The first-order valence-electron chi connectivity index (χ1n) is 25.6. The minimum atomic E-state index is 0.576. The van der Waals surface area contributed by atoms with E-state index in [-0.39, 0.29) is 0 Å². The van der Waals surface area contributed by atoms with E-state index in [2.05, 4.69) is 237 Å². The molecule has 0 fully saturated rings. The van der Waals surface area contributed by atoms with Gasteiger partial charge in [0.05, 0.1) is 55.8 Å². The first-order chi connectivity index (χ1) is 35.9. The van der Waals surface area contributed by atoms with E-state index in [0.29, 0.717) is 5.56 Å².